The summed E-state index contributed by atoms with van der Waals surface area (Å²) < 4.78 is 6.72. The Morgan fingerprint density at radius 2 is 2.00 bits per heavy atom. The number of hydrogen-bond donors (Lipinski definition) is 3. The number of hydrogen-bond acceptors (Lipinski definition) is 6. The van der Waals surface area contributed by atoms with Gasteiger partial charge in [-0.3, -0.25) is 10.1 Å². The van der Waals surface area contributed by atoms with Crippen LogP contribution >= 0.6 is 11.6 Å². The van der Waals surface area contributed by atoms with Gasteiger partial charge in [0.2, 0.25) is 11.8 Å². The molecule has 0 aliphatic carbocycles. The number of carbonyl (C=O) groups is 1. The van der Waals surface area contributed by atoms with Crippen molar-refractivity contribution in [2.24, 2.45) is 0 Å². The van der Waals surface area contributed by atoms with Gasteiger partial charge < -0.3 is 14.8 Å². The second-order valence-corrected chi connectivity index (χ2v) is 7.39. The fraction of sp³-hybridized carbons (Fsp3) is 0.0909. The van der Waals surface area contributed by atoms with Gasteiger partial charge in [-0.2, -0.15) is 0 Å². The summed E-state index contributed by atoms with van der Waals surface area (Å²) >= 11 is 6.10. The predicted molar refractivity (Wildman–Crippen MR) is 120 cm³/mol. The predicted octanol–water partition coefficient (Wildman–Crippen LogP) is 3.55. The van der Waals surface area contributed by atoms with E-state index >= 15 is 0 Å². The zero-order valence-electron chi connectivity index (χ0n) is 16.6. The number of benzene rings is 2. The molecule has 0 fully saturated rings. The van der Waals surface area contributed by atoms with E-state index in [-0.39, 0.29) is 18.9 Å². The molecule has 2 aromatic carbocycles. The van der Waals surface area contributed by atoms with E-state index in [0.717, 1.165) is 16.6 Å². The van der Waals surface area contributed by atoms with Gasteiger partial charge in [0, 0.05) is 11.1 Å². The molecule has 9 nitrogen and oxygen atoms in total. The van der Waals surface area contributed by atoms with Gasteiger partial charge in [-0.05, 0) is 41.5 Å². The molecule has 3 aromatic heterocycles. The lowest BCUT2D eigenvalue weighted by Crippen LogP contribution is -2.13. The van der Waals surface area contributed by atoms with E-state index in [0.29, 0.717) is 28.0 Å². The first kappa shape index (κ1) is 20.0. The zero-order valence-corrected chi connectivity index (χ0v) is 17.4. The van der Waals surface area contributed by atoms with Crippen molar-refractivity contribution in [1.29, 1.82) is 0 Å². The lowest BCUT2D eigenvalue weighted by Gasteiger charge is -2.02. The standard InChI is InChI=1S/C22H17ClN6O3/c23-15-3-1-2-13(10-15)14-4-5-16-17(11-14)26-22(25-16)27-21(31)18-12-29-19(24-18)6-7-20(28-29)32-9-8-30/h1-7,10-12,30H,8-9H2,(H2,25,26,27,31). The van der Waals surface area contributed by atoms with Crippen LogP contribution in [-0.4, -0.2) is 48.8 Å². The molecular formula is C22H17ClN6O3. The van der Waals surface area contributed by atoms with Crippen LogP contribution in [0.4, 0.5) is 5.95 Å². The second kappa shape index (κ2) is 8.29. The topological polar surface area (TPSA) is 117 Å². The SMILES string of the molecule is O=C(Nc1nc2ccc(-c3cccc(Cl)c3)cc2[nH]1)c1cn2nc(OCCO)ccc2n1. The Bertz CT molecular complexity index is 1440. The van der Waals surface area contributed by atoms with Gasteiger partial charge in [0.15, 0.2) is 5.65 Å². The Morgan fingerprint density at radius 3 is 2.84 bits per heavy atom. The maximum absolute atomic E-state index is 12.7. The summed E-state index contributed by atoms with van der Waals surface area (Å²) in [6, 6.07) is 16.7. The second-order valence-electron chi connectivity index (χ2n) is 6.95. The Hall–Kier alpha value is -3.95. The van der Waals surface area contributed by atoms with Crippen LogP contribution in [0.3, 0.4) is 0 Å². The van der Waals surface area contributed by atoms with E-state index in [1.54, 1.807) is 12.1 Å². The number of rotatable bonds is 6. The van der Waals surface area contributed by atoms with Gasteiger partial charge >= 0.3 is 0 Å². The number of carbonyl (C=O) groups excluding carboxylic acids is 1. The number of aliphatic hydroxyl groups excluding tert-OH is 1. The highest BCUT2D eigenvalue weighted by Gasteiger charge is 2.14. The Kier molecular flexibility index (Phi) is 5.18. The molecule has 32 heavy (non-hydrogen) atoms. The molecule has 1 amide bonds. The number of nitrogens with zero attached hydrogens (tertiary/aromatic N) is 4. The van der Waals surface area contributed by atoms with Crippen LogP contribution in [0.1, 0.15) is 10.5 Å². The highest BCUT2D eigenvalue weighted by molar-refractivity contribution is 6.30. The third-order valence-electron chi connectivity index (χ3n) is 4.74. The minimum absolute atomic E-state index is 0.116. The van der Waals surface area contributed by atoms with Crippen molar-refractivity contribution in [3.8, 4) is 17.0 Å². The average molecular weight is 449 g/mol. The summed E-state index contributed by atoms with van der Waals surface area (Å²) in [5, 5.41) is 16.5. The molecule has 5 rings (SSSR count). The first-order chi connectivity index (χ1) is 15.6. The maximum atomic E-state index is 12.7. The molecule has 0 bridgehead atoms. The average Bonchev–Trinajstić information content (AvgIpc) is 3.40. The number of nitrogens with one attached hydrogen (secondary N) is 2. The number of halogens is 1. The van der Waals surface area contributed by atoms with Crippen LogP contribution in [0.15, 0.2) is 60.8 Å². The van der Waals surface area contributed by atoms with Crippen molar-refractivity contribution in [3.05, 3.63) is 71.5 Å². The molecule has 0 aliphatic heterocycles. The van der Waals surface area contributed by atoms with Crippen LogP contribution in [-0.2, 0) is 0 Å². The molecular weight excluding hydrogens is 432 g/mol. The van der Waals surface area contributed by atoms with Crippen molar-refractivity contribution in [2.75, 3.05) is 18.5 Å². The summed E-state index contributed by atoms with van der Waals surface area (Å²) in [5.74, 6) is 0.205. The normalized spacial score (nSPS) is 11.2. The summed E-state index contributed by atoms with van der Waals surface area (Å²) in [4.78, 5) is 24.5. The van der Waals surface area contributed by atoms with Gasteiger partial charge in [0.1, 0.15) is 12.3 Å². The summed E-state index contributed by atoms with van der Waals surface area (Å²) in [5.41, 5.74) is 4.12. The third kappa shape index (κ3) is 3.98. The fourth-order valence-corrected chi connectivity index (χ4v) is 3.48. The maximum Gasteiger partial charge on any atom is 0.278 e. The number of H-pyrrole nitrogens is 1. The molecule has 0 aliphatic rings. The van der Waals surface area contributed by atoms with E-state index in [1.165, 1.54) is 10.7 Å². The molecule has 3 heterocycles. The van der Waals surface area contributed by atoms with Gasteiger partial charge in [0.05, 0.1) is 23.8 Å². The molecule has 5 aromatic rings. The Balaban J connectivity index is 1.37. The van der Waals surface area contributed by atoms with Crippen LogP contribution in [0.5, 0.6) is 5.88 Å². The van der Waals surface area contributed by atoms with Gasteiger partial charge in [0.25, 0.3) is 5.91 Å². The molecule has 0 unspecified atom stereocenters. The third-order valence-corrected chi connectivity index (χ3v) is 4.98. The molecule has 0 atom stereocenters. The number of anilines is 1. The number of fused-ring (bicyclic) bond motifs is 2. The fourth-order valence-electron chi connectivity index (χ4n) is 3.29. The molecule has 0 saturated heterocycles. The van der Waals surface area contributed by atoms with E-state index in [4.69, 9.17) is 21.4 Å². The van der Waals surface area contributed by atoms with Crippen LogP contribution in [0.25, 0.3) is 27.8 Å². The Morgan fingerprint density at radius 1 is 1.12 bits per heavy atom. The highest BCUT2D eigenvalue weighted by Crippen LogP contribution is 2.26. The lowest BCUT2D eigenvalue weighted by molar-refractivity contribution is 0.102. The summed E-state index contributed by atoms with van der Waals surface area (Å²) in [6.07, 6.45) is 1.50. The first-order valence-electron chi connectivity index (χ1n) is 9.76. The quantitative estimate of drug-likeness (QED) is 0.365. The van der Waals surface area contributed by atoms with E-state index in [1.807, 2.05) is 42.5 Å². The van der Waals surface area contributed by atoms with Crippen LogP contribution < -0.4 is 10.1 Å². The van der Waals surface area contributed by atoms with E-state index in [2.05, 4.69) is 25.4 Å². The van der Waals surface area contributed by atoms with Crippen molar-refractivity contribution in [1.82, 2.24) is 24.6 Å². The monoisotopic (exact) mass is 448 g/mol. The number of aromatic amines is 1. The minimum atomic E-state index is -0.428. The minimum Gasteiger partial charge on any atom is -0.474 e. The number of amides is 1. The van der Waals surface area contributed by atoms with E-state index in [9.17, 15) is 4.79 Å². The molecule has 0 radical (unpaired) electrons. The van der Waals surface area contributed by atoms with E-state index < -0.39 is 5.91 Å². The molecule has 160 valence electrons. The first-order valence-corrected chi connectivity index (χ1v) is 10.1. The van der Waals surface area contributed by atoms with Crippen molar-refractivity contribution < 1.29 is 14.6 Å². The molecule has 10 heteroatoms. The lowest BCUT2D eigenvalue weighted by atomic mass is 10.1. The number of aromatic nitrogens is 5. The van der Waals surface area contributed by atoms with Crippen LogP contribution in [0, 0.1) is 0 Å². The molecule has 3 N–H and O–H groups in total. The van der Waals surface area contributed by atoms with Crippen molar-refractivity contribution >= 4 is 40.1 Å². The Labute approximate surface area is 186 Å². The number of aliphatic hydroxyl groups is 1. The van der Waals surface area contributed by atoms with Gasteiger partial charge in [-0.15, -0.1) is 5.10 Å². The van der Waals surface area contributed by atoms with Gasteiger partial charge in [-0.1, -0.05) is 29.8 Å². The molecule has 0 spiro atoms. The largest absolute Gasteiger partial charge is 0.474 e. The summed E-state index contributed by atoms with van der Waals surface area (Å²) in [7, 11) is 0. The zero-order chi connectivity index (χ0) is 22.1. The smallest absolute Gasteiger partial charge is 0.278 e. The van der Waals surface area contributed by atoms with Crippen LogP contribution in [0.2, 0.25) is 5.02 Å². The van der Waals surface area contributed by atoms with Crippen molar-refractivity contribution in [2.45, 2.75) is 0 Å². The number of ether oxygens (including phenoxy) is 1. The van der Waals surface area contributed by atoms with Crippen molar-refractivity contribution in [3.63, 3.8) is 0 Å². The summed E-state index contributed by atoms with van der Waals surface area (Å²) in [6.45, 7) is 0.0149. The number of imidazole rings is 2. The van der Waals surface area contributed by atoms with Gasteiger partial charge in [-0.25, -0.2) is 14.5 Å². The molecule has 0 saturated carbocycles. The highest BCUT2D eigenvalue weighted by atomic mass is 35.5.